The molecule has 3 aromatic rings. The first-order chi connectivity index (χ1) is 16.0. The summed E-state index contributed by atoms with van der Waals surface area (Å²) in [6.07, 6.45) is 0.678. The normalized spacial score (nSPS) is 18.9. The quantitative estimate of drug-likeness (QED) is 0.304. The Labute approximate surface area is 196 Å². The smallest absolute Gasteiger partial charge is 0.362 e. The Balaban J connectivity index is 1.60. The molecule has 1 atom stereocenters. The maximum absolute atomic E-state index is 13.5. The monoisotopic (exact) mass is 463 g/mol. The van der Waals surface area contributed by atoms with Crippen molar-refractivity contribution in [3.63, 3.8) is 0 Å². The summed E-state index contributed by atoms with van der Waals surface area (Å²) in [5.74, 6) is -0.763. The predicted molar refractivity (Wildman–Crippen MR) is 127 cm³/mol. The van der Waals surface area contributed by atoms with Crippen LogP contribution in [-0.4, -0.2) is 36.3 Å². The van der Waals surface area contributed by atoms with Crippen molar-refractivity contribution in [2.24, 2.45) is 10.6 Å². The Bertz CT molecular complexity index is 1140. The minimum absolute atomic E-state index is 0.0448. The first-order valence-electron chi connectivity index (χ1n) is 10.6. The number of hydrogen-bond acceptors (Lipinski definition) is 7. The molecule has 0 radical (unpaired) electrons. The number of hydrogen-bond donors (Lipinski definition) is 1. The molecule has 7 nitrogen and oxygen atoms in total. The molecule has 1 aliphatic carbocycles. The van der Waals surface area contributed by atoms with E-state index >= 15 is 0 Å². The van der Waals surface area contributed by atoms with Gasteiger partial charge in [-0.3, -0.25) is 4.79 Å². The van der Waals surface area contributed by atoms with Crippen LogP contribution in [-0.2, 0) is 24.6 Å². The number of ether oxygens (including phenoxy) is 1. The molecule has 8 heteroatoms. The lowest BCUT2D eigenvalue weighted by atomic mass is 9.80. The van der Waals surface area contributed by atoms with Crippen molar-refractivity contribution in [1.29, 1.82) is 0 Å². The van der Waals surface area contributed by atoms with Gasteiger partial charge >= 0.3 is 5.97 Å². The minimum Gasteiger partial charge on any atom is -0.461 e. The van der Waals surface area contributed by atoms with Crippen molar-refractivity contribution < 1.29 is 19.2 Å². The number of oxime groups is 1. The SMILES string of the molecule is CCOC(=O)/C(=N/OC)c1csc(NC(=O)C2(C)CC2(c2ccccc2)c2ccccc2)n1. The molecule has 1 N–H and O–H groups in total. The molecule has 33 heavy (non-hydrogen) atoms. The van der Waals surface area contributed by atoms with E-state index in [9.17, 15) is 9.59 Å². The second-order valence-corrected chi connectivity index (χ2v) is 8.84. The maximum atomic E-state index is 13.5. The number of carbonyl (C=O) groups is 2. The molecule has 170 valence electrons. The van der Waals surface area contributed by atoms with Gasteiger partial charge in [-0.1, -0.05) is 65.8 Å². The third-order valence-corrected chi connectivity index (χ3v) is 6.85. The molecule has 1 amide bonds. The largest absolute Gasteiger partial charge is 0.461 e. The standard InChI is InChI=1S/C25H25N3O4S/c1-4-32-21(29)20(28-31-3)19-15-33-23(26-19)27-22(30)24(2)16-25(24,17-11-7-5-8-12-17)18-13-9-6-10-14-18/h5-15H,4,16H2,1-3H3,(H,26,27,30)/b28-20+. The highest BCUT2D eigenvalue weighted by atomic mass is 32.1. The fourth-order valence-corrected chi connectivity index (χ4v) is 5.06. The number of nitrogens with zero attached hydrogens (tertiary/aromatic N) is 2. The second kappa shape index (κ2) is 9.15. The first-order valence-corrected chi connectivity index (χ1v) is 11.5. The van der Waals surface area contributed by atoms with Gasteiger partial charge in [-0.15, -0.1) is 11.3 Å². The molecule has 2 aromatic carbocycles. The zero-order valence-electron chi connectivity index (χ0n) is 18.7. The number of carbonyl (C=O) groups excluding carboxylic acids is 2. The number of thiazole rings is 1. The zero-order chi connectivity index (χ0) is 23.5. The fraction of sp³-hybridized carbons (Fsp3) is 0.280. The first kappa shape index (κ1) is 22.7. The van der Waals surface area contributed by atoms with Gasteiger partial charge in [0.2, 0.25) is 11.6 Å². The van der Waals surface area contributed by atoms with Gasteiger partial charge in [0.1, 0.15) is 12.8 Å². The van der Waals surface area contributed by atoms with Crippen LogP contribution in [0, 0.1) is 5.41 Å². The number of esters is 1. The van der Waals surface area contributed by atoms with E-state index in [1.165, 1.54) is 18.4 Å². The summed E-state index contributed by atoms with van der Waals surface area (Å²) in [6, 6.07) is 20.2. The average molecular weight is 464 g/mol. The molecular weight excluding hydrogens is 438 g/mol. The van der Waals surface area contributed by atoms with Crippen molar-refractivity contribution in [3.8, 4) is 0 Å². The molecule has 1 fully saturated rings. The molecule has 1 saturated carbocycles. The zero-order valence-corrected chi connectivity index (χ0v) is 19.5. The average Bonchev–Trinajstić information content (AvgIpc) is 3.25. The van der Waals surface area contributed by atoms with Crippen LogP contribution in [0.4, 0.5) is 5.13 Å². The Morgan fingerprint density at radius 3 is 2.24 bits per heavy atom. The lowest BCUT2D eigenvalue weighted by Crippen LogP contribution is -2.30. The number of anilines is 1. The Morgan fingerprint density at radius 1 is 1.09 bits per heavy atom. The molecule has 0 bridgehead atoms. The van der Waals surface area contributed by atoms with Crippen molar-refractivity contribution in [2.75, 3.05) is 19.0 Å². The third kappa shape index (κ3) is 4.02. The van der Waals surface area contributed by atoms with Gasteiger partial charge in [-0.2, -0.15) is 0 Å². The van der Waals surface area contributed by atoms with Crippen LogP contribution >= 0.6 is 11.3 Å². The summed E-state index contributed by atoms with van der Waals surface area (Å²) < 4.78 is 5.02. The molecular formula is C25H25N3O4S. The van der Waals surface area contributed by atoms with Crippen LogP contribution in [0.2, 0.25) is 0 Å². The van der Waals surface area contributed by atoms with E-state index in [2.05, 4.69) is 39.7 Å². The van der Waals surface area contributed by atoms with Gasteiger partial charge in [-0.05, 0) is 31.4 Å². The lowest BCUT2D eigenvalue weighted by Gasteiger charge is -2.23. The Hall–Kier alpha value is -3.52. The summed E-state index contributed by atoms with van der Waals surface area (Å²) in [5.41, 5.74) is 1.36. The summed E-state index contributed by atoms with van der Waals surface area (Å²) in [6.45, 7) is 3.89. The number of rotatable bonds is 8. The van der Waals surface area contributed by atoms with E-state index in [1.54, 1.807) is 12.3 Å². The van der Waals surface area contributed by atoms with Gasteiger partial charge in [0.05, 0.1) is 12.0 Å². The number of nitrogens with one attached hydrogen (secondary N) is 1. The van der Waals surface area contributed by atoms with Crippen LogP contribution in [0.15, 0.2) is 71.2 Å². The molecule has 0 aliphatic heterocycles. The van der Waals surface area contributed by atoms with Crippen molar-refractivity contribution in [1.82, 2.24) is 4.98 Å². The van der Waals surface area contributed by atoms with Crippen LogP contribution in [0.1, 0.15) is 37.1 Å². The molecule has 0 saturated heterocycles. The van der Waals surface area contributed by atoms with Gasteiger partial charge in [-0.25, -0.2) is 9.78 Å². The van der Waals surface area contributed by atoms with Crippen molar-refractivity contribution >= 4 is 34.1 Å². The van der Waals surface area contributed by atoms with E-state index in [0.29, 0.717) is 11.6 Å². The van der Waals surface area contributed by atoms with Gasteiger partial charge < -0.3 is 14.9 Å². The van der Waals surface area contributed by atoms with Gasteiger partial charge in [0.15, 0.2) is 5.13 Å². The van der Waals surface area contributed by atoms with Crippen molar-refractivity contribution in [2.45, 2.75) is 25.7 Å². The van der Waals surface area contributed by atoms with Gasteiger partial charge in [0.25, 0.3) is 0 Å². The second-order valence-electron chi connectivity index (χ2n) is 7.98. The van der Waals surface area contributed by atoms with E-state index < -0.39 is 16.8 Å². The van der Waals surface area contributed by atoms with E-state index in [-0.39, 0.29) is 23.9 Å². The number of amides is 1. The Morgan fingerprint density at radius 2 is 1.70 bits per heavy atom. The Kier molecular flexibility index (Phi) is 6.29. The molecule has 0 spiro atoms. The van der Waals surface area contributed by atoms with Crippen LogP contribution < -0.4 is 5.32 Å². The van der Waals surface area contributed by atoms with Crippen LogP contribution in [0.5, 0.6) is 0 Å². The van der Waals surface area contributed by atoms with Crippen LogP contribution in [0.25, 0.3) is 0 Å². The van der Waals surface area contributed by atoms with Gasteiger partial charge in [0, 0.05) is 10.8 Å². The fourth-order valence-electron chi connectivity index (χ4n) is 4.37. The molecule has 4 rings (SSSR count). The molecule has 1 heterocycles. The highest BCUT2D eigenvalue weighted by Gasteiger charge is 2.70. The summed E-state index contributed by atoms with van der Waals surface area (Å²) in [4.78, 5) is 34.8. The van der Waals surface area contributed by atoms with E-state index in [1.807, 2.05) is 43.3 Å². The van der Waals surface area contributed by atoms with E-state index in [0.717, 1.165) is 11.1 Å². The third-order valence-electron chi connectivity index (χ3n) is 6.09. The molecule has 1 unspecified atom stereocenters. The molecule has 1 aliphatic rings. The lowest BCUT2D eigenvalue weighted by molar-refractivity contribution is -0.135. The topological polar surface area (TPSA) is 89.9 Å². The highest BCUT2D eigenvalue weighted by Crippen LogP contribution is 2.68. The number of aromatic nitrogens is 1. The summed E-state index contributed by atoms with van der Waals surface area (Å²) in [7, 11) is 1.34. The number of benzene rings is 2. The summed E-state index contributed by atoms with van der Waals surface area (Å²) in [5, 5.41) is 8.71. The highest BCUT2D eigenvalue weighted by molar-refractivity contribution is 7.14. The predicted octanol–water partition coefficient (Wildman–Crippen LogP) is 4.39. The minimum atomic E-state index is -0.661. The molecule has 1 aromatic heterocycles. The summed E-state index contributed by atoms with van der Waals surface area (Å²) >= 11 is 1.22. The van der Waals surface area contributed by atoms with Crippen molar-refractivity contribution in [3.05, 3.63) is 82.9 Å². The maximum Gasteiger partial charge on any atom is 0.362 e. The van der Waals surface area contributed by atoms with Crippen LogP contribution in [0.3, 0.4) is 0 Å². The van der Waals surface area contributed by atoms with E-state index in [4.69, 9.17) is 9.57 Å².